The van der Waals surface area contributed by atoms with E-state index in [1.165, 1.54) is 6.07 Å². The van der Waals surface area contributed by atoms with Gasteiger partial charge in [0.05, 0.1) is 24.1 Å². The van der Waals surface area contributed by atoms with E-state index < -0.39 is 29.0 Å². The van der Waals surface area contributed by atoms with Crippen LogP contribution < -0.4 is 4.74 Å². The molecule has 0 atom stereocenters. The lowest BCUT2D eigenvalue weighted by molar-refractivity contribution is -0.137. The van der Waals surface area contributed by atoms with Crippen LogP contribution in [0.2, 0.25) is 0 Å². The summed E-state index contributed by atoms with van der Waals surface area (Å²) in [4.78, 5) is 11.4. The molecule has 0 spiro atoms. The normalized spacial score (nSPS) is 10.9. The summed E-state index contributed by atoms with van der Waals surface area (Å²) in [5.74, 6) is -1.44. The monoisotopic (exact) mass is 277 g/mol. The Hall–Kier alpha value is -1.74. The van der Waals surface area contributed by atoms with Crippen LogP contribution in [0.5, 0.6) is 5.75 Å². The minimum Gasteiger partial charge on any atom is -0.497 e. The molecule has 1 rings (SSSR count). The number of hydrogen-bond donors (Lipinski definition) is 0. The molecule has 0 aromatic heterocycles. The SMILES string of the molecule is COc1cc(C(=O)CCl)c(C#N)c(C(F)(F)F)c1. The van der Waals surface area contributed by atoms with Crippen LogP contribution in [0.3, 0.4) is 0 Å². The fraction of sp³-hybridized carbons (Fsp3) is 0.273. The maximum Gasteiger partial charge on any atom is 0.417 e. The molecule has 0 heterocycles. The van der Waals surface area contributed by atoms with Crippen LogP contribution >= 0.6 is 11.6 Å². The first kappa shape index (κ1) is 14.3. The zero-order valence-corrected chi connectivity index (χ0v) is 9.89. The van der Waals surface area contributed by atoms with Gasteiger partial charge in [0.1, 0.15) is 11.8 Å². The molecule has 96 valence electrons. The molecule has 0 aliphatic carbocycles. The first-order valence-corrected chi connectivity index (χ1v) is 5.17. The van der Waals surface area contributed by atoms with Crippen molar-refractivity contribution >= 4 is 17.4 Å². The summed E-state index contributed by atoms with van der Waals surface area (Å²) in [6, 6.07) is 3.12. The Morgan fingerprint density at radius 2 is 2.11 bits per heavy atom. The Morgan fingerprint density at radius 3 is 2.50 bits per heavy atom. The molecular formula is C11H7ClF3NO2. The largest absolute Gasteiger partial charge is 0.497 e. The fourth-order valence-electron chi connectivity index (χ4n) is 1.37. The van der Waals surface area contributed by atoms with Crippen LogP contribution in [0.4, 0.5) is 13.2 Å². The van der Waals surface area contributed by atoms with E-state index in [0.717, 1.165) is 13.2 Å². The van der Waals surface area contributed by atoms with Crippen molar-refractivity contribution in [3.8, 4) is 11.8 Å². The molecule has 0 unspecified atom stereocenters. The second kappa shape index (κ2) is 5.27. The van der Waals surface area contributed by atoms with Gasteiger partial charge < -0.3 is 4.74 Å². The molecule has 0 saturated carbocycles. The van der Waals surface area contributed by atoms with Gasteiger partial charge >= 0.3 is 6.18 Å². The Labute approximate surface area is 106 Å². The van der Waals surface area contributed by atoms with E-state index in [0.29, 0.717) is 6.07 Å². The Kier molecular flexibility index (Phi) is 4.19. The second-order valence-electron chi connectivity index (χ2n) is 3.26. The van der Waals surface area contributed by atoms with Crippen LogP contribution in [0.15, 0.2) is 12.1 Å². The van der Waals surface area contributed by atoms with Gasteiger partial charge in [-0.3, -0.25) is 4.79 Å². The number of nitrogens with zero attached hydrogens (tertiary/aromatic N) is 1. The molecular weight excluding hydrogens is 271 g/mol. The highest BCUT2D eigenvalue weighted by atomic mass is 35.5. The number of ketones is 1. The van der Waals surface area contributed by atoms with Gasteiger partial charge in [0, 0.05) is 5.56 Å². The van der Waals surface area contributed by atoms with Gasteiger partial charge in [-0.15, -0.1) is 11.6 Å². The Bertz CT molecular complexity index is 520. The summed E-state index contributed by atoms with van der Waals surface area (Å²) < 4.78 is 42.9. The van der Waals surface area contributed by atoms with E-state index in [4.69, 9.17) is 16.9 Å². The van der Waals surface area contributed by atoms with Gasteiger partial charge in [-0.1, -0.05) is 0 Å². The van der Waals surface area contributed by atoms with Crippen LogP contribution in [-0.2, 0) is 6.18 Å². The average Bonchev–Trinajstić information content (AvgIpc) is 2.34. The molecule has 1 aromatic carbocycles. The van der Waals surface area contributed by atoms with E-state index in [2.05, 4.69) is 4.74 Å². The summed E-state index contributed by atoms with van der Waals surface area (Å²) in [5.41, 5.74) is -2.34. The Balaban J connectivity index is 3.62. The van der Waals surface area contributed by atoms with Gasteiger partial charge in [-0.25, -0.2) is 0 Å². The minimum absolute atomic E-state index is 0.158. The van der Waals surface area contributed by atoms with Crippen LogP contribution in [0, 0.1) is 11.3 Å². The quantitative estimate of drug-likeness (QED) is 0.630. The van der Waals surface area contributed by atoms with E-state index in [1.54, 1.807) is 0 Å². The molecule has 0 N–H and O–H groups in total. The number of hydrogen-bond acceptors (Lipinski definition) is 3. The van der Waals surface area contributed by atoms with Crippen molar-refractivity contribution in [2.75, 3.05) is 13.0 Å². The number of rotatable bonds is 3. The topological polar surface area (TPSA) is 50.1 Å². The van der Waals surface area contributed by atoms with Crippen molar-refractivity contribution in [1.29, 1.82) is 5.26 Å². The molecule has 0 aliphatic rings. The molecule has 7 heteroatoms. The molecule has 0 saturated heterocycles. The molecule has 3 nitrogen and oxygen atoms in total. The molecule has 0 bridgehead atoms. The number of Topliss-reactive ketones (excluding diaryl/α,β-unsaturated/α-hetero) is 1. The van der Waals surface area contributed by atoms with Gasteiger partial charge in [-0.2, -0.15) is 18.4 Å². The molecule has 0 radical (unpaired) electrons. The minimum atomic E-state index is -4.75. The number of benzene rings is 1. The first-order chi connectivity index (χ1) is 8.35. The van der Waals surface area contributed by atoms with Crippen LogP contribution in [-0.4, -0.2) is 18.8 Å². The van der Waals surface area contributed by atoms with Crippen molar-refractivity contribution in [1.82, 2.24) is 0 Å². The summed E-state index contributed by atoms with van der Waals surface area (Å²) in [5, 5.41) is 8.78. The third-order valence-electron chi connectivity index (χ3n) is 2.19. The van der Waals surface area contributed by atoms with E-state index in [-0.39, 0.29) is 11.3 Å². The summed E-state index contributed by atoms with van der Waals surface area (Å²) in [6.45, 7) is 0. The third kappa shape index (κ3) is 2.74. The number of carbonyl (C=O) groups excluding carboxylic acids is 1. The highest BCUT2D eigenvalue weighted by molar-refractivity contribution is 6.30. The Morgan fingerprint density at radius 1 is 1.50 bits per heavy atom. The van der Waals surface area contributed by atoms with Crippen molar-refractivity contribution < 1.29 is 22.7 Å². The molecule has 18 heavy (non-hydrogen) atoms. The van der Waals surface area contributed by atoms with Gasteiger partial charge in [0.25, 0.3) is 0 Å². The lowest BCUT2D eigenvalue weighted by atomic mass is 9.98. The van der Waals surface area contributed by atoms with Crippen molar-refractivity contribution in [2.24, 2.45) is 0 Å². The summed E-state index contributed by atoms with van der Waals surface area (Å²) in [6.07, 6.45) is -4.75. The molecule has 1 aromatic rings. The maximum atomic E-state index is 12.7. The first-order valence-electron chi connectivity index (χ1n) is 4.63. The molecule has 0 amide bonds. The van der Waals surface area contributed by atoms with Crippen LogP contribution in [0.25, 0.3) is 0 Å². The zero-order valence-electron chi connectivity index (χ0n) is 9.14. The number of halogens is 4. The third-order valence-corrected chi connectivity index (χ3v) is 2.43. The average molecular weight is 278 g/mol. The predicted octanol–water partition coefficient (Wildman–Crippen LogP) is 3.01. The number of ether oxygens (including phenoxy) is 1. The highest BCUT2D eigenvalue weighted by Gasteiger charge is 2.36. The van der Waals surface area contributed by atoms with E-state index in [9.17, 15) is 18.0 Å². The van der Waals surface area contributed by atoms with Crippen LogP contribution in [0.1, 0.15) is 21.5 Å². The highest BCUT2D eigenvalue weighted by Crippen LogP contribution is 2.36. The number of nitriles is 1. The predicted molar refractivity (Wildman–Crippen MR) is 57.8 cm³/mol. The standard InChI is InChI=1S/C11H7ClF3NO2/c1-18-6-2-7(10(17)4-12)8(5-16)9(3-6)11(13,14)15/h2-3H,4H2,1H3. The van der Waals surface area contributed by atoms with E-state index in [1.807, 2.05) is 0 Å². The smallest absolute Gasteiger partial charge is 0.417 e. The zero-order chi connectivity index (χ0) is 13.9. The van der Waals surface area contributed by atoms with Crippen molar-refractivity contribution in [3.63, 3.8) is 0 Å². The lowest BCUT2D eigenvalue weighted by Crippen LogP contribution is -2.13. The van der Waals surface area contributed by atoms with Gasteiger partial charge in [-0.05, 0) is 12.1 Å². The number of methoxy groups -OCH3 is 1. The van der Waals surface area contributed by atoms with E-state index >= 15 is 0 Å². The molecule has 0 fully saturated rings. The number of alkyl halides is 4. The second-order valence-corrected chi connectivity index (χ2v) is 3.53. The van der Waals surface area contributed by atoms with Gasteiger partial charge in [0.2, 0.25) is 0 Å². The van der Waals surface area contributed by atoms with Crippen molar-refractivity contribution in [2.45, 2.75) is 6.18 Å². The maximum absolute atomic E-state index is 12.7. The molecule has 0 aliphatic heterocycles. The number of carbonyl (C=O) groups is 1. The lowest BCUT2D eigenvalue weighted by Gasteiger charge is -2.13. The van der Waals surface area contributed by atoms with Crippen molar-refractivity contribution in [3.05, 3.63) is 28.8 Å². The van der Waals surface area contributed by atoms with Gasteiger partial charge in [0.15, 0.2) is 5.78 Å². The fourth-order valence-corrected chi connectivity index (χ4v) is 1.51. The summed E-state index contributed by atoms with van der Waals surface area (Å²) in [7, 11) is 1.16. The summed E-state index contributed by atoms with van der Waals surface area (Å²) >= 11 is 5.30.